The topological polar surface area (TPSA) is 95.7 Å². The van der Waals surface area contributed by atoms with Gasteiger partial charge in [-0.1, -0.05) is 6.92 Å². The molecule has 0 saturated carbocycles. The maximum absolute atomic E-state index is 11.2. The van der Waals surface area contributed by atoms with E-state index in [0.717, 1.165) is 67.7 Å². The number of rotatable bonds is 8. The first-order valence-electron chi connectivity index (χ1n) is 10.8. The predicted octanol–water partition coefficient (Wildman–Crippen LogP) is 3.70. The molecule has 0 spiro atoms. The fourth-order valence-corrected chi connectivity index (χ4v) is 4.24. The Labute approximate surface area is 181 Å². The number of nitrogens with one attached hydrogen (secondary N) is 1. The van der Waals surface area contributed by atoms with Crippen molar-refractivity contribution in [2.45, 2.75) is 32.2 Å². The van der Waals surface area contributed by atoms with Crippen LogP contribution in [0.2, 0.25) is 0 Å². The molecule has 31 heavy (non-hydrogen) atoms. The second kappa shape index (κ2) is 9.45. The van der Waals surface area contributed by atoms with Crippen LogP contribution in [0.4, 0.5) is 5.69 Å². The highest BCUT2D eigenvalue weighted by molar-refractivity contribution is 6.14. The van der Waals surface area contributed by atoms with E-state index in [1.807, 2.05) is 17.8 Å². The Balaban J connectivity index is 1.55. The number of carbonyl (C=O) groups excluding carboxylic acids is 1. The number of aliphatic imine (C=N–C) groups is 1. The molecule has 1 aliphatic heterocycles. The summed E-state index contributed by atoms with van der Waals surface area (Å²) in [4.78, 5) is 21.4. The molecule has 0 aliphatic carbocycles. The first-order chi connectivity index (χ1) is 15.1. The number of hydrogen-bond acceptors (Lipinski definition) is 6. The number of aldehydes is 1. The third-order valence-electron chi connectivity index (χ3n) is 5.96. The van der Waals surface area contributed by atoms with Gasteiger partial charge in [0.1, 0.15) is 12.0 Å². The van der Waals surface area contributed by atoms with E-state index in [2.05, 4.69) is 15.0 Å². The third kappa shape index (κ3) is 4.55. The molecule has 1 aliphatic rings. The van der Waals surface area contributed by atoms with Crippen LogP contribution in [0.25, 0.3) is 10.9 Å². The molecule has 4 rings (SSSR count). The number of ether oxygens (including phenoxy) is 1. The average Bonchev–Trinajstić information content (AvgIpc) is 3.39. The summed E-state index contributed by atoms with van der Waals surface area (Å²) < 4.78 is 7.19. The Morgan fingerprint density at radius 1 is 1.39 bits per heavy atom. The minimum atomic E-state index is 0.0643. The Hall–Kier alpha value is -2.97. The number of aromatic amines is 1. The van der Waals surface area contributed by atoms with Crippen LogP contribution in [-0.2, 0) is 4.74 Å². The van der Waals surface area contributed by atoms with E-state index in [9.17, 15) is 9.90 Å². The van der Waals surface area contributed by atoms with Gasteiger partial charge in [-0.15, -0.1) is 0 Å². The zero-order chi connectivity index (χ0) is 21.8. The van der Waals surface area contributed by atoms with Crippen molar-refractivity contribution in [2.75, 3.05) is 33.4 Å². The molecule has 8 nitrogen and oxygen atoms in total. The van der Waals surface area contributed by atoms with Crippen LogP contribution in [0.5, 0.6) is 5.88 Å². The average molecular weight is 424 g/mol. The third-order valence-corrected chi connectivity index (χ3v) is 5.96. The van der Waals surface area contributed by atoms with E-state index in [-0.39, 0.29) is 5.88 Å². The van der Waals surface area contributed by atoms with Gasteiger partial charge in [-0.05, 0) is 37.5 Å². The summed E-state index contributed by atoms with van der Waals surface area (Å²) in [7, 11) is 1.74. The second-order valence-electron chi connectivity index (χ2n) is 7.93. The van der Waals surface area contributed by atoms with Crippen LogP contribution in [0.1, 0.15) is 48.1 Å². The zero-order valence-corrected chi connectivity index (χ0v) is 18.0. The van der Waals surface area contributed by atoms with Gasteiger partial charge in [-0.25, -0.2) is 4.99 Å². The quantitative estimate of drug-likeness (QED) is 0.425. The van der Waals surface area contributed by atoms with Crippen molar-refractivity contribution in [1.29, 1.82) is 0 Å². The van der Waals surface area contributed by atoms with E-state index in [1.54, 1.807) is 31.5 Å². The Morgan fingerprint density at radius 2 is 2.19 bits per heavy atom. The summed E-state index contributed by atoms with van der Waals surface area (Å²) in [6.07, 6.45) is 7.29. The van der Waals surface area contributed by atoms with Crippen LogP contribution in [-0.4, -0.2) is 70.1 Å². The number of hydrogen-bond donors (Lipinski definition) is 2. The fraction of sp³-hybridized carbons (Fsp3) is 0.435. The van der Waals surface area contributed by atoms with Crippen LogP contribution in [0, 0.1) is 0 Å². The minimum absolute atomic E-state index is 0.0643. The number of benzene rings is 1. The van der Waals surface area contributed by atoms with Crippen LogP contribution >= 0.6 is 0 Å². The van der Waals surface area contributed by atoms with Crippen molar-refractivity contribution >= 4 is 28.6 Å². The van der Waals surface area contributed by atoms with Gasteiger partial charge in [0.25, 0.3) is 0 Å². The second-order valence-corrected chi connectivity index (χ2v) is 7.93. The molecule has 0 bridgehead atoms. The van der Waals surface area contributed by atoms with Gasteiger partial charge in [-0.2, -0.15) is 5.10 Å². The molecular weight excluding hydrogens is 394 g/mol. The molecule has 1 fully saturated rings. The van der Waals surface area contributed by atoms with Gasteiger partial charge >= 0.3 is 0 Å². The lowest BCUT2D eigenvalue weighted by Crippen LogP contribution is -2.36. The van der Waals surface area contributed by atoms with E-state index in [1.165, 1.54) is 0 Å². The maximum Gasteiger partial charge on any atom is 0.198 e. The van der Waals surface area contributed by atoms with Crippen molar-refractivity contribution in [3.8, 4) is 5.88 Å². The van der Waals surface area contributed by atoms with Gasteiger partial charge in [0.2, 0.25) is 0 Å². The molecule has 0 amide bonds. The highest BCUT2D eigenvalue weighted by Gasteiger charge is 2.21. The summed E-state index contributed by atoms with van der Waals surface area (Å²) in [6.45, 7) is 5.81. The summed E-state index contributed by atoms with van der Waals surface area (Å²) in [6, 6.07) is 5.67. The van der Waals surface area contributed by atoms with Crippen LogP contribution in [0.15, 0.2) is 35.6 Å². The molecular formula is C23H29N5O3. The van der Waals surface area contributed by atoms with Crippen molar-refractivity contribution in [3.63, 3.8) is 0 Å². The molecule has 0 radical (unpaired) electrons. The first-order valence-corrected chi connectivity index (χ1v) is 10.8. The number of carbonyl (C=O) groups is 1. The zero-order valence-electron chi connectivity index (χ0n) is 18.0. The lowest BCUT2D eigenvalue weighted by molar-refractivity contribution is 0.112. The number of nitrogens with zero attached hydrogens (tertiary/aromatic N) is 4. The molecule has 2 N–H and O–H groups in total. The van der Waals surface area contributed by atoms with Gasteiger partial charge in [0.05, 0.1) is 36.3 Å². The largest absolute Gasteiger partial charge is 0.494 e. The molecule has 1 aromatic carbocycles. The standard InChI is InChI=1S/C23H29N5O3/c1-3-20(22-19-12-16(15-29)4-5-21(19)26-23(22)30)25-17-13-24-28(14-17)18-6-8-27(9-7-18)10-11-31-2/h4-5,12-15,18,26,30H,3,6-11H2,1-2H3. The number of fused-ring (bicyclic) bond motifs is 1. The van der Waals surface area contributed by atoms with E-state index in [4.69, 9.17) is 9.73 Å². The number of likely N-dealkylation sites (tertiary alicyclic amines) is 1. The number of aromatic nitrogens is 3. The molecule has 0 unspecified atom stereocenters. The molecule has 0 atom stereocenters. The lowest BCUT2D eigenvalue weighted by Gasteiger charge is -2.31. The van der Waals surface area contributed by atoms with E-state index < -0.39 is 0 Å². The smallest absolute Gasteiger partial charge is 0.198 e. The van der Waals surface area contributed by atoms with Gasteiger partial charge in [0, 0.05) is 43.2 Å². The minimum Gasteiger partial charge on any atom is -0.494 e. The molecule has 8 heteroatoms. The lowest BCUT2D eigenvalue weighted by atomic mass is 10.0. The Kier molecular flexibility index (Phi) is 6.48. The first kappa shape index (κ1) is 21.3. The molecule has 164 valence electrons. The monoisotopic (exact) mass is 423 g/mol. The number of methoxy groups -OCH3 is 1. The predicted molar refractivity (Wildman–Crippen MR) is 121 cm³/mol. The van der Waals surface area contributed by atoms with E-state index in [0.29, 0.717) is 23.6 Å². The number of H-pyrrole nitrogens is 1. The van der Waals surface area contributed by atoms with Crippen LogP contribution < -0.4 is 0 Å². The Bertz CT molecular complexity index is 1080. The van der Waals surface area contributed by atoms with E-state index >= 15 is 0 Å². The molecule has 2 aromatic heterocycles. The maximum atomic E-state index is 11.2. The van der Waals surface area contributed by atoms with Gasteiger partial charge < -0.3 is 19.7 Å². The van der Waals surface area contributed by atoms with Gasteiger partial charge in [0.15, 0.2) is 5.88 Å². The highest BCUT2D eigenvalue weighted by Crippen LogP contribution is 2.31. The summed E-state index contributed by atoms with van der Waals surface area (Å²) in [5, 5.41) is 15.9. The van der Waals surface area contributed by atoms with Crippen molar-refractivity contribution in [1.82, 2.24) is 19.7 Å². The van der Waals surface area contributed by atoms with Crippen molar-refractivity contribution < 1.29 is 14.6 Å². The molecule has 1 saturated heterocycles. The molecule has 3 heterocycles. The number of piperidine rings is 1. The highest BCUT2D eigenvalue weighted by atomic mass is 16.5. The summed E-state index contributed by atoms with van der Waals surface area (Å²) in [5.41, 5.74) is 3.49. The van der Waals surface area contributed by atoms with Crippen molar-refractivity contribution in [2.24, 2.45) is 4.99 Å². The SMILES string of the molecule is CCC(=Nc1cnn(C2CCN(CCOC)CC2)c1)c1c(O)[nH]c2ccc(C=O)cc12. The van der Waals surface area contributed by atoms with Gasteiger partial charge in [-0.3, -0.25) is 9.48 Å². The van der Waals surface area contributed by atoms with Crippen LogP contribution in [0.3, 0.4) is 0 Å². The normalized spacial score (nSPS) is 16.3. The number of aromatic hydroxyl groups is 1. The summed E-state index contributed by atoms with van der Waals surface area (Å²) in [5.74, 6) is 0.0643. The fourth-order valence-electron chi connectivity index (χ4n) is 4.24. The van der Waals surface area contributed by atoms with Crippen molar-refractivity contribution in [3.05, 3.63) is 41.7 Å². The molecule has 3 aromatic rings. The summed E-state index contributed by atoms with van der Waals surface area (Å²) >= 11 is 0. The Morgan fingerprint density at radius 3 is 2.90 bits per heavy atom.